The fourth-order valence-electron chi connectivity index (χ4n) is 5.03. The molecule has 4 aliphatic rings. The fourth-order valence-corrected chi connectivity index (χ4v) is 5.03. The van der Waals surface area contributed by atoms with Gasteiger partial charge in [0.05, 0.1) is 6.67 Å². The minimum Gasteiger partial charge on any atom is -0.349 e. The van der Waals surface area contributed by atoms with Crippen LogP contribution in [0.5, 0.6) is 0 Å². The average molecular weight is 425 g/mol. The number of carbonyl (C=O) groups is 3. The highest BCUT2D eigenvalue weighted by atomic mass is 16.2. The molecule has 1 aromatic rings. The Kier molecular flexibility index (Phi) is 5.24. The van der Waals surface area contributed by atoms with Crippen LogP contribution in [0.2, 0.25) is 0 Å². The molecule has 0 bridgehead atoms. The molecule has 1 spiro atoms. The van der Waals surface area contributed by atoms with Crippen molar-refractivity contribution >= 4 is 17.8 Å². The molecule has 0 unspecified atom stereocenters. The molecule has 1 heterocycles. The molecule has 7 nitrogen and oxygen atoms in total. The molecule has 4 fully saturated rings. The summed E-state index contributed by atoms with van der Waals surface area (Å²) in [5, 5.41) is 6.06. The summed E-state index contributed by atoms with van der Waals surface area (Å²) in [7, 11) is 0. The molecular weight excluding hydrogens is 392 g/mol. The topological polar surface area (TPSA) is 81.8 Å². The lowest BCUT2D eigenvalue weighted by atomic mass is 9.73. The number of hydrogen-bond donors (Lipinski definition) is 2. The number of urea groups is 1. The molecule has 3 aliphatic carbocycles. The van der Waals surface area contributed by atoms with Crippen molar-refractivity contribution in [1.82, 2.24) is 20.4 Å². The first kappa shape index (κ1) is 20.5. The van der Waals surface area contributed by atoms with E-state index in [-0.39, 0.29) is 23.8 Å². The lowest BCUT2D eigenvalue weighted by Gasteiger charge is -2.37. The molecule has 7 heteroatoms. The number of nitrogens with zero attached hydrogens (tertiary/aromatic N) is 2. The van der Waals surface area contributed by atoms with Crippen molar-refractivity contribution in [1.29, 1.82) is 0 Å². The summed E-state index contributed by atoms with van der Waals surface area (Å²) >= 11 is 0. The lowest BCUT2D eigenvalue weighted by molar-refractivity contribution is -0.135. The number of carbonyl (C=O) groups excluding carboxylic acids is 3. The maximum absolute atomic E-state index is 13.3. The van der Waals surface area contributed by atoms with E-state index in [1.165, 1.54) is 4.90 Å². The van der Waals surface area contributed by atoms with Crippen molar-refractivity contribution in [2.45, 2.75) is 82.5 Å². The highest BCUT2D eigenvalue weighted by Crippen LogP contribution is 2.39. The highest BCUT2D eigenvalue weighted by molar-refractivity contribution is 6.07. The van der Waals surface area contributed by atoms with Crippen LogP contribution in [-0.4, -0.2) is 51.9 Å². The first-order valence-electron chi connectivity index (χ1n) is 11.7. The molecule has 0 aromatic heterocycles. The van der Waals surface area contributed by atoms with Gasteiger partial charge in [-0.25, -0.2) is 9.69 Å². The van der Waals surface area contributed by atoms with Crippen LogP contribution in [0.25, 0.3) is 0 Å². The van der Waals surface area contributed by atoms with Crippen molar-refractivity contribution in [3.8, 4) is 0 Å². The first-order chi connectivity index (χ1) is 15.0. The molecule has 0 radical (unpaired) electrons. The first-order valence-corrected chi connectivity index (χ1v) is 11.7. The molecule has 4 amide bonds. The van der Waals surface area contributed by atoms with Gasteiger partial charge in [-0.05, 0) is 62.1 Å². The van der Waals surface area contributed by atoms with Gasteiger partial charge < -0.3 is 10.6 Å². The Labute approximate surface area is 183 Å². The Morgan fingerprint density at radius 3 is 2.52 bits per heavy atom. The largest absolute Gasteiger partial charge is 0.349 e. The van der Waals surface area contributed by atoms with Gasteiger partial charge >= 0.3 is 6.03 Å². The summed E-state index contributed by atoms with van der Waals surface area (Å²) in [6.07, 6.45) is 8.15. The Hall–Kier alpha value is -2.41. The highest BCUT2D eigenvalue weighted by Gasteiger charge is 2.55. The van der Waals surface area contributed by atoms with E-state index in [2.05, 4.69) is 22.5 Å². The van der Waals surface area contributed by atoms with Crippen molar-refractivity contribution in [2.24, 2.45) is 5.92 Å². The minimum atomic E-state index is -0.707. The van der Waals surface area contributed by atoms with Gasteiger partial charge in [0.25, 0.3) is 11.8 Å². The Bertz CT molecular complexity index is 877. The number of benzene rings is 1. The van der Waals surface area contributed by atoms with Crippen LogP contribution in [0.1, 0.15) is 74.2 Å². The van der Waals surface area contributed by atoms with Crippen LogP contribution in [0, 0.1) is 5.92 Å². The summed E-state index contributed by atoms with van der Waals surface area (Å²) in [6, 6.07) is 8.18. The second-order valence-electron chi connectivity index (χ2n) is 9.85. The molecule has 166 valence electrons. The van der Waals surface area contributed by atoms with E-state index in [1.54, 1.807) is 0 Å². The molecule has 3 saturated carbocycles. The van der Waals surface area contributed by atoms with Crippen LogP contribution in [-0.2, 0) is 11.3 Å². The van der Waals surface area contributed by atoms with Gasteiger partial charge in [-0.1, -0.05) is 31.9 Å². The SMILES string of the molecule is C[C@@H]1CCCC[C@]12NC(=O)N(CN(Cc1ccc(C(=O)NC3CC3)cc1)C1CC1)C2=O. The Morgan fingerprint density at radius 1 is 1.13 bits per heavy atom. The minimum absolute atomic E-state index is 0.0145. The molecule has 2 atom stereocenters. The predicted octanol–water partition coefficient (Wildman–Crippen LogP) is 3.00. The smallest absolute Gasteiger partial charge is 0.326 e. The van der Waals surface area contributed by atoms with Crippen molar-refractivity contribution in [3.05, 3.63) is 35.4 Å². The number of rotatable bonds is 7. The maximum Gasteiger partial charge on any atom is 0.326 e. The number of hydrogen-bond acceptors (Lipinski definition) is 4. The zero-order valence-electron chi connectivity index (χ0n) is 18.2. The van der Waals surface area contributed by atoms with Crippen LogP contribution < -0.4 is 10.6 Å². The maximum atomic E-state index is 13.3. The third-order valence-electron chi connectivity index (χ3n) is 7.40. The summed E-state index contributed by atoms with van der Waals surface area (Å²) in [5.74, 6) is 0.105. The second kappa shape index (κ2) is 7.93. The van der Waals surface area contributed by atoms with Crippen LogP contribution in [0.3, 0.4) is 0 Å². The number of imide groups is 1. The van der Waals surface area contributed by atoms with Crippen molar-refractivity contribution < 1.29 is 14.4 Å². The van der Waals surface area contributed by atoms with Gasteiger partial charge in [0.2, 0.25) is 0 Å². The number of nitrogens with one attached hydrogen (secondary N) is 2. The normalized spacial score (nSPS) is 28.3. The second-order valence-corrected chi connectivity index (χ2v) is 9.85. The molecule has 2 N–H and O–H groups in total. The van der Waals surface area contributed by atoms with E-state index in [1.807, 2.05) is 24.3 Å². The van der Waals surface area contributed by atoms with Crippen molar-refractivity contribution in [3.63, 3.8) is 0 Å². The fraction of sp³-hybridized carbons (Fsp3) is 0.625. The molecular formula is C24H32N4O3. The Morgan fingerprint density at radius 2 is 1.87 bits per heavy atom. The molecule has 31 heavy (non-hydrogen) atoms. The third kappa shape index (κ3) is 4.07. The van der Waals surface area contributed by atoms with E-state index >= 15 is 0 Å². The van der Waals surface area contributed by atoms with Gasteiger partial charge in [-0.3, -0.25) is 14.5 Å². The number of amides is 4. The monoisotopic (exact) mass is 424 g/mol. The van der Waals surface area contributed by atoms with Gasteiger partial charge in [-0.2, -0.15) is 0 Å². The van der Waals surface area contributed by atoms with Gasteiger partial charge in [0.15, 0.2) is 0 Å². The van der Waals surface area contributed by atoms with Gasteiger partial charge in [0.1, 0.15) is 5.54 Å². The quantitative estimate of drug-likeness (QED) is 0.660. The van der Waals surface area contributed by atoms with E-state index < -0.39 is 5.54 Å². The third-order valence-corrected chi connectivity index (χ3v) is 7.40. The molecule has 5 rings (SSSR count). The molecule has 1 aromatic carbocycles. The van der Waals surface area contributed by atoms with Gasteiger partial charge in [0, 0.05) is 24.2 Å². The lowest BCUT2D eigenvalue weighted by Crippen LogP contribution is -2.54. The Balaban J connectivity index is 1.26. The summed E-state index contributed by atoms with van der Waals surface area (Å²) in [5.41, 5.74) is 1.06. The zero-order chi connectivity index (χ0) is 21.6. The summed E-state index contributed by atoms with van der Waals surface area (Å²) in [4.78, 5) is 42.0. The van der Waals surface area contributed by atoms with E-state index in [0.29, 0.717) is 30.9 Å². The van der Waals surface area contributed by atoms with E-state index in [9.17, 15) is 14.4 Å². The van der Waals surface area contributed by atoms with Crippen LogP contribution in [0.4, 0.5) is 4.79 Å². The zero-order valence-corrected chi connectivity index (χ0v) is 18.2. The van der Waals surface area contributed by atoms with Gasteiger partial charge in [-0.15, -0.1) is 0 Å². The summed E-state index contributed by atoms with van der Waals surface area (Å²) in [6.45, 7) is 3.07. The van der Waals surface area contributed by atoms with Crippen molar-refractivity contribution in [2.75, 3.05) is 6.67 Å². The van der Waals surface area contributed by atoms with Crippen LogP contribution in [0.15, 0.2) is 24.3 Å². The molecule has 1 saturated heterocycles. The standard InChI is InChI=1S/C24H32N4O3/c1-16-4-2-3-13-24(16)22(30)28(23(31)26-24)15-27(20-11-12-20)14-17-5-7-18(8-6-17)21(29)25-19-9-10-19/h5-8,16,19-20H,2-4,9-15H2,1H3,(H,25,29)(H,26,31)/t16-,24+/m1/s1. The summed E-state index contributed by atoms with van der Waals surface area (Å²) < 4.78 is 0. The van der Waals surface area contributed by atoms with E-state index in [4.69, 9.17) is 0 Å². The van der Waals surface area contributed by atoms with Crippen LogP contribution >= 0.6 is 0 Å². The predicted molar refractivity (Wildman–Crippen MR) is 116 cm³/mol. The average Bonchev–Trinajstić information content (AvgIpc) is 3.67. The van der Waals surface area contributed by atoms with E-state index in [0.717, 1.165) is 56.9 Å². The molecule has 1 aliphatic heterocycles.